The van der Waals surface area contributed by atoms with Crippen molar-refractivity contribution >= 4 is 28.3 Å². The number of anilines is 2. The van der Waals surface area contributed by atoms with Crippen molar-refractivity contribution in [2.75, 3.05) is 24.3 Å². The lowest BCUT2D eigenvalue weighted by Gasteiger charge is -2.30. The third kappa shape index (κ3) is 4.52. The summed E-state index contributed by atoms with van der Waals surface area (Å²) in [6.07, 6.45) is 3.21. The van der Waals surface area contributed by atoms with E-state index in [9.17, 15) is 13.6 Å². The van der Waals surface area contributed by atoms with Crippen LogP contribution in [0.3, 0.4) is 0 Å². The zero-order chi connectivity index (χ0) is 22.8. The number of hydrogen-bond acceptors (Lipinski definition) is 4. The number of amides is 1. The molecule has 4 rings (SSSR count). The minimum Gasteiger partial charge on any atom is -0.377 e. The first-order valence-corrected chi connectivity index (χ1v) is 10.9. The van der Waals surface area contributed by atoms with Gasteiger partial charge >= 0.3 is 0 Å². The van der Waals surface area contributed by atoms with Crippen LogP contribution in [0.15, 0.2) is 42.5 Å². The van der Waals surface area contributed by atoms with E-state index in [-0.39, 0.29) is 23.2 Å². The fourth-order valence-corrected chi connectivity index (χ4v) is 4.28. The molecule has 0 unspecified atom stereocenters. The van der Waals surface area contributed by atoms with Gasteiger partial charge in [0.25, 0.3) is 5.91 Å². The van der Waals surface area contributed by atoms with Gasteiger partial charge in [0.05, 0.1) is 11.1 Å². The molecule has 7 heteroatoms. The van der Waals surface area contributed by atoms with E-state index in [1.807, 2.05) is 32.3 Å². The van der Waals surface area contributed by atoms with Crippen LogP contribution < -0.4 is 15.5 Å². The second-order valence-electron chi connectivity index (χ2n) is 8.66. The summed E-state index contributed by atoms with van der Waals surface area (Å²) in [4.78, 5) is 19.3. The molecule has 2 aromatic carbocycles. The molecule has 0 bridgehead atoms. The highest BCUT2D eigenvalue weighted by Crippen LogP contribution is 2.29. The number of fused-ring (bicyclic) bond motifs is 1. The predicted octanol–water partition coefficient (Wildman–Crippen LogP) is 5.04. The molecule has 3 aromatic rings. The number of nitrogens with one attached hydrogen (secondary N) is 2. The van der Waals surface area contributed by atoms with Crippen molar-refractivity contribution in [3.05, 3.63) is 65.2 Å². The van der Waals surface area contributed by atoms with Crippen molar-refractivity contribution in [1.29, 1.82) is 0 Å². The minimum absolute atomic E-state index is 0.0637. The van der Waals surface area contributed by atoms with Crippen LogP contribution in [0.25, 0.3) is 10.9 Å². The van der Waals surface area contributed by atoms with E-state index >= 15 is 0 Å². The van der Waals surface area contributed by atoms with Crippen LogP contribution in [0.4, 0.5) is 20.3 Å². The second-order valence-corrected chi connectivity index (χ2v) is 8.66. The quantitative estimate of drug-likeness (QED) is 0.586. The summed E-state index contributed by atoms with van der Waals surface area (Å²) < 4.78 is 27.9. The Bertz CT molecular complexity index is 1140. The molecule has 32 heavy (non-hydrogen) atoms. The zero-order valence-corrected chi connectivity index (χ0v) is 18.6. The normalized spacial score (nSPS) is 18.4. The molecule has 1 amide bonds. The summed E-state index contributed by atoms with van der Waals surface area (Å²) in [7, 11) is 4.03. The van der Waals surface area contributed by atoms with E-state index in [2.05, 4.69) is 27.7 Å². The summed E-state index contributed by atoms with van der Waals surface area (Å²) in [5.41, 5.74) is 1.98. The molecule has 1 heterocycles. The maximum atomic E-state index is 14.1. The van der Waals surface area contributed by atoms with Gasteiger partial charge in [0, 0.05) is 43.3 Å². The number of rotatable bonds is 5. The van der Waals surface area contributed by atoms with Gasteiger partial charge in [-0.3, -0.25) is 4.79 Å². The minimum atomic E-state index is -1.09. The molecule has 0 spiro atoms. The van der Waals surface area contributed by atoms with Crippen molar-refractivity contribution in [1.82, 2.24) is 10.3 Å². The molecule has 1 aromatic heterocycles. The Morgan fingerprint density at radius 3 is 2.41 bits per heavy atom. The van der Waals surface area contributed by atoms with Crippen LogP contribution >= 0.6 is 0 Å². The molecule has 168 valence electrons. The topological polar surface area (TPSA) is 57.3 Å². The average Bonchev–Trinajstić information content (AvgIpc) is 2.78. The monoisotopic (exact) mass is 438 g/mol. The average molecular weight is 439 g/mol. The van der Waals surface area contributed by atoms with E-state index in [0.717, 1.165) is 48.1 Å². The van der Waals surface area contributed by atoms with Crippen LogP contribution in [0.5, 0.6) is 0 Å². The number of nitrogens with zero attached hydrogens (tertiary/aromatic N) is 2. The van der Waals surface area contributed by atoms with Gasteiger partial charge in [-0.15, -0.1) is 0 Å². The summed E-state index contributed by atoms with van der Waals surface area (Å²) in [6, 6.07) is 13.1. The third-order valence-electron chi connectivity index (χ3n) is 6.11. The molecule has 1 fully saturated rings. The van der Waals surface area contributed by atoms with Crippen LogP contribution in [0.1, 0.15) is 41.6 Å². The van der Waals surface area contributed by atoms with Gasteiger partial charge in [-0.1, -0.05) is 24.3 Å². The Kier molecular flexibility index (Phi) is 6.26. The Labute approximate surface area is 186 Å². The number of pyridine rings is 1. The fourth-order valence-electron chi connectivity index (χ4n) is 4.28. The van der Waals surface area contributed by atoms with Crippen LogP contribution in [0, 0.1) is 18.6 Å². The van der Waals surface area contributed by atoms with E-state index < -0.39 is 17.5 Å². The lowest BCUT2D eigenvalue weighted by Crippen LogP contribution is -2.40. The standard InChI is InChI=1S/C25H28F2N4O/c1-15-8-13-19(24(27)23(15)26)25(32)29-17-11-9-16(10-12-17)28-22-14-21(31(2)3)18-6-4-5-7-20(18)30-22/h4-8,13-14,16-17H,9-12H2,1-3H3,(H,28,30)(H,29,32)/t16-,17+. The van der Waals surface area contributed by atoms with Gasteiger partial charge in [-0.05, 0) is 50.3 Å². The fraction of sp³-hybridized carbons (Fsp3) is 0.360. The largest absolute Gasteiger partial charge is 0.377 e. The highest BCUT2D eigenvalue weighted by Gasteiger charge is 2.25. The highest BCUT2D eigenvalue weighted by atomic mass is 19.2. The summed E-state index contributed by atoms with van der Waals surface area (Å²) in [5, 5.41) is 7.50. The van der Waals surface area contributed by atoms with Crippen molar-refractivity contribution < 1.29 is 13.6 Å². The van der Waals surface area contributed by atoms with Crippen molar-refractivity contribution in [3.63, 3.8) is 0 Å². The van der Waals surface area contributed by atoms with E-state index in [0.29, 0.717) is 0 Å². The maximum absolute atomic E-state index is 14.1. The Balaban J connectivity index is 1.38. The number of halogens is 2. The molecule has 1 aliphatic carbocycles. The first kappa shape index (κ1) is 22.0. The van der Waals surface area contributed by atoms with Gasteiger partial charge in [-0.25, -0.2) is 13.8 Å². The van der Waals surface area contributed by atoms with Gasteiger partial charge in [0.2, 0.25) is 0 Å². The summed E-state index contributed by atoms with van der Waals surface area (Å²) >= 11 is 0. The van der Waals surface area contributed by atoms with E-state index in [4.69, 9.17) is 4.98 Å². The number of para-hydroxylation sites is 1. The molecular weight excluding hydrogens is 410 g/mol. The lowest BCUT2D eigenvalue weighted by molar-refractivity contribution is 0.0921. The number of carbonyl (C=O) groups is 1. The van der Waals surface area contributed by atoms with Crippen molar-refractivity contribution in [3.8, 4) is 0 Å². The molecule has 2 N–H and O–H groups in total. The molecule has 0 radical (unpaired) electrons. The zero-order valence-electron chi connectivity index (χ0n) is 18.6. The molecule has 5 nitrogen and oxygen atoms in total. The van der Waals surface area contributed by atoms with Crippen LogP contribution in [-0.4, -0.2) is 37.1 Å². The number of aryl methyl sites for hydroxylation is 1. The van der Waals surface area contributed by atoms with Gasteiger partial charge in [0.1, 0.15) is 5.82 Å². The maximum Gasteiger partial charge on any atom is 0.254 e. The molecule has 1 aliphatic rings. The van der Waals surface area contributed by atoms with Gasteiger partial charge < -0.3 is 15.5 Å². The molecule has 0 saturated heterocycles. The molecule has 0 aliphatic heterocycles. The Morgan fingerprint density at radius 2 is 1.69 bits per heavy atom. The number of aromatic nitrogens is 1. The SMILES string of the molecule is Cc1ccc(C(=O)N[C@H]2CC[C@@H](Nc3cc(N(C)C)c4ccccc4n3)CC2)c(F)c1F. The molecule has 0 atom stereocenters. The van der Waals surface area contributed by atoms with E-state index in [1.54, 1.807) is 0 Å². The Morgan fingerprint density at radius 1 is 1.00 bits per heavy atom. The summed E-state index contributed by atoms with van der Waals surface area (Å²) in [5.74, 6) is -1.79. The van der Waals surface area contributed by atoms with E-state index in [1.165, 1.54) is 19.1 Å². The van der Waals surface area contributed by atoms with Crippen LogP contribution in [-0.2, 0) is 0 Å². The predicted molar refractivity (Wildman–Crippen MR) is 124 cm³/mol. The molecular formula is C25H28F2N4O. The van der Waals surface area contributed by atoms with Gasteiger partial charge in [-0.2, -0.15) is 0 Å². The highest BCUT2D eigenvalue weighted by molar-refractivity contribution is 5.95. The lowest BCUT2D eigenvalue weighted by atomic mass is 9.91. The van der Waals surface area contributed by atoms with Gasteiger partial charge in [0.15, 0.2) is 11.6 Å². The van der Waals surface area contributed by atoms with Crippen LogP contribution in [0.2, 0.25) is 0 Å². The van der Waals surface area contributed by atoms with Crippen molar-refractivity contribution in [2.45, 2.75) is 44.7 Å². The van der Waals surface area contributed by atoms with Crippen molar-refractivity contribution in [2.24, 2.45) is 0 Å². The number of carbonyl (C=O) groups excluding carboxylic acids is 1. The number of hydrogen-bond donors (Lipinski definition) is 2. The smallest absolute Gasteiger partial charge is 0.254 e. The summed E-state index contributed by atoms with van der Waals surface area (Å²) in [6.45, 7) is 1.47. The first-order valence-electron chi connectivity index (χ1n) is 10.9. The third-order valence-corrected chi connectivity index (χ3v) is 6.11. The second kappa shape index (κ2) is 9.10. The Hall–Kier alpha value is -3.22. The number of benzene rings is 2. The first-order chi connectivity index (χ1) is 15.3. The molecule has 1 saturated carbocycles.